The summed E-state index contributed by atoms with van der Waals surface area (Å²) in [4.78, 5) is 19.2. The number of fused-ring (bicyclic) bond motifs is 1. The van der Waals surface area contributed by atoms with Gasteiger partial charge in [-0.05, 0) is 20.0 Å². The number of carbonyl (C=O) groups excluding carboxylic acids is 1. The molecule has 0 bridgehead atoms. The van der Waals surface area contributed by atoms with E-state index in [1.165, 1.54) is 6.20 Å². The molecular formula is C15H21N9O. The van der Waals surface area contributed by atoms with Gasteiger partial charge in [0.1, 0.15) is 5.56 Å². The highest BCUT2D eigenvalue weighted by Gasteiger charge is 2.19. The van der Waals surface area contributed by atoms with Crippen LogP contribution in [0.1, 0.15) is 48.6 Å². The van der Waals surface area contributed by atoms with E-state index in [0.29, 0.717) is 17.0 Å². The quantitative estimate of drug-likeness (QED) is 0.644. The van der Waals surface area contributed by atoms with E-state index in [-0.39, 0.29) is 11.9 Å². The maximum atomic E-state index is 12.5. The largest absolute Gasteiger partial charge is 0.342 e. The number of nitrogens with zero attached hydrogens (tertiary/aromatic N) is 7. The highest BCUT2D eigenvalue weighted by molar-refractivity contribution is 5.99. The van der Waals surface area contributed by atoms with Crippen LogP contribution < -0.4 is 5.32 Å². The molecule has 1 unspecified atom stereocenters. The molecule has 0 spiro atoms. The van der Waals surface area contributed by atoms with Crippen LogP contribution in [0.5, 0.6) is 0 Å². The molecule has 3 rings (SSSR count). The summed E-state index contributed by atoms with van der Waals surface area (Å²) in [6.45, 7) is 8.76. The Balaban J connectivity index is 1.77. The Hall–Kier alpha value is -2.88. The van der Waals surface area contributed by atoms with E-state index in [9.17, 15) is 4.79 Å². The van der Waals surface area contributed by atoms with Gasteiger partial charge in [0.25, 0.3) is 5.91 Å². The first kappa shape index (κ1) is 17.0. The number of aromatic nitrogens is 7. The van der Waals surface area contributed by atoms with Gasteiger partial charge < -0.3 is 5.32 Å². The molecule has 3 heterocycles. The summed E-state index contributed by atoms with van der Waals surface area (Å²) in [6.07, 6.45) is 5.20. The highest BCUT2D eigenvalue weighted by atomic mass is 16.1. The molecular weight excluding hydrogens is 322 g/mol. The van der Waals surface area contributed by atoms with Gasteiger partial charge in [0.2, 0.25) is 0 Å². The molecule has 3 aromatic heterocycles. The maximum absolute atomic E-state index is 12.5. The molecule has 0 fully saturated rings. The van der Waals surface area contributed by atoms with Gasteiger partial charge in [-0.25, -0.2) is 9.50 Å². The van der Waals surface area contributed by atoms with Crippen LogP contribution in [0.3, 0.4) is 0 Å². The summed E-state index contributed by atoms with van der Waals surface area (Å²) < 4.78 is 1.63. The second-order valence-corrected chi connectivity index (χ2v) is 5.72. The van der Waals surface area contributed by atoms with Gasteiger partial charge in [-0.1, -0.05) is 19.1 Å². The molecule has 0 aliphatic rings. The van der Waals surface area contributed by atoms with Gasteiger partial charge in [-0.15, -0.1) is 10.2 Å². The SMILES string of the molecule is CCN(CC)Cc1cnc2c(C(=O)NC(C)c3nn[nH]n3)cnn2c1. The first-order valence-corrected chi connectivity index (χ1v) is 8.21. The third kappa shape index (κ3) is 3.63. The van der Waals surface area contributed by atoms with Crippen molar-refractivity contribution in [2.75, 3.05) is 13.1 Å². The number of tetrazole rings is 1. The minimum atomic E-state index is -0.372. The van der Waals surface area contributed by atoms with Crippen molar-refractivity contribution in [2.24, 2.45) is 0 Å². The van der Waals surface area contributed by atoms with Crippen LogP contribution >= 0.6 is 0 Å². The fraction of sp³-hybridized carbons (Fsp3) is 0.467. The number of carbonyl (C=O) groups is 1. The lowest BCUT2D eigenvalue weighted by atomic mass is 10.2. The number of hydrogen-bond acceptors (Lipinski definition) is 7. The fourth-order valence-electron chi connectivity index (χ4n) is 2.55. The summed E-state index contributed by atoms with van der Waals surface area (Å²) in [7, 11) is 0. The molecule has 3 aromatic rings. The summed E-state index contributed by atoms with van der Waals surface area (Å²) in [6, 6.07) is -0.372. The molecule has 0 aromatic carbocycles. The van der Waals surface area contributed by atoms with Gasteiger partial charge in [-0.3, -0.25) is 9.69 Å². The second kappa shape index (κ2) is 7.34. The summed E-state index contributed by atoms with van der Waals surface area (Å²) in [5.74, 6) is 0.135. The smallest absolute Gasteiger partial charge is 0.257 e. The van der Waals surface area contributed by atoms with Gasteiger partial charge in [0.15, 0.2) is 11.5 Å². The minimum absolute atomic E-state index is 0.281. The van der Waals surface area contributed by atoms with Crippen LogP contribution in [0.2, 0.25) is 0 Å². The van der Waals surface area contributed by atoms with E-state index in [4.69, 9.17) is 0 Å². The van der Waals surface area contributed by atoms with Crippen LogP contribution in [0, 0.1) is 0 Å². The third-order valence-electron chi connectivity index (χ3n) is 4.05. The lowest BCUT2D eigenvalue weighted by Crippen LogP contribution is -2.27. The lowest BCUT2D eigenvalue weighted by molar-refractivity contribution is 0.0939. The zero-order chi connectivity index (χ0) is 17.8. The van der Waals surface area contributed by atoms with Gasteiger partial charge in [-0.2, -0.15) is 10.3 Å². The zero-order valence-corrected chi connectivity index (χ0v) is 14.5. The Morgan fingerprint density at radius 2 is 2.16 bits per heavy atom. The zero-order valence-electron chi connectivity index (χ0n) is 14.5. The van der Waals surface area contributed by atoms with E-state index in [2.05, 4.69) is 54.8 Å². The fourth-order valence-corrected chi connectivity index (χ4v) is 2.55. The van der Waals surface area contributed by atoms with Crippen molar-refractivity contribution >= 4 is 11.6 Å². The van der Waals surface area contributed by atoms with Gasteiger partial charge in [0.05, 0.1) is 12.2 Å². The van der Waals surface area contributed by atoms with Crippen molar-refractivity contribution in [3.05, 3.63) is 35.5 Å². The van der Waals surface area contributed by atoms with E-state index in [1.807, 2.05) is 6.20 Å². The number of H-pyrrole nitrogens is 1. The first-order valence-electron chi connectivity index (χ1n) is 8.21. The monoisotopic (exact) mass is 343 g/mol. The van der Waals surface area contributed by atoms with Gasteiger partial charge >= 0.3 is 0 Å². The molecule has 1 atom stereocenters. The average molecular weight is 343 g/mol. The molecule has 0 aliphatic carbocycles. The Morgan fingerprint density at radius 3 is 2.84 bits per heavy atom. The molecule has 0 radical (unpaired) electrons. The van der Waals surface area contributed by atoms with Crippen molar-refractivity contribution in [1.82, 2.24) is 45.4 Å². The van der Waals surface area contributed by atoms with E-state index >= 15 is 0 Å². The number of hydrogen-bond donors (Lipinski definition) is 2. The molecule has 10 nitrogen and oxygen atoms in total. The van der Waals surface area contributed by atoms with Crippen LogP contribution in [0.4, 0.5) is 0 Å². The van der Waals surface area contributed by atoms with Crippen molar-refractivity contribution in [1.29, 1.82) is 0 Å². The first-order chi connectivity index (χ1) is 12.1. The van der Waals surface area contributed by atoms with Crippen molar-refractivity contribution < 1.29 is 4.79 Å². The Bertz CT molecular complexity index is 838. The van der Waals surface area contributed by atoms with Crippen LogP contribution in [-0.4, -0.2) is 59.1 Å². The minimum Gasteiger partial charge on any atom is -0.342 e. The molecule has 1 amide bonds. The molecule has 0 saturated heterocycles. The molecule has 10 heteroatoms. The van der Waals surface area contributed by atoms with E-state index < -0.39 is 0 Å². The Labute approximate surface area is 144 Å². The summed E-state index contributed by atoms with van der Waals surface area (Å²) >= 11 is 0. The third-order valence-corrected chi connectivity index (χ3v) is 4.05. The van der Waals surface area contributed by atoms with E-state index in [1.54, 1.807) is 17.6 Å². The average Bonchev–Trinajstić information content (AvgIpc) is 3.28. The molecule has 25 heavy (non-hydrogen) atoms. The van der Waals surface area contributed by atoms with Crippen molar-refractivity contribution in [2.45, 2.75) is 33.4 Å². The molecule has 2 N–H and O–H groups in total. The van der Waals surface area contributed by atoms with Crippen molar-refractivity contribution in [3.8, 4) is 0 Å². The second-order valence-electron chi connectivity index (χ2n) is 5.72. The van der Waals surface area contributed by atoms with E-state index in [0.717, 1.165) is 25.2 Å². The lowest BCUT2D eigenvalue weighted by Gasteiger charge is -2.17. The number of nitrogens with one attached hydrogen (secondary N) is 2. The summed E-state index contributed by atoms with van der Waals surface area (Å²) in [5, 5.41) is 20.7. The predicted molar refractivity (Wildman–Crippen MR) is 89.7 cm³/mol. The number of aromatic amines is 1. The maximum Gasteiger partial charge on any atom is 0.257 e. The van der Waals surface area contributed by atoms with Crippen LogP contribution in [-0.2, 0) is 6.54 Å². The van der Waals surface area contributed by atoms with Crippen LogP contribution in [0.25, 0.3) is 5.65 Å². The summed E-state index contributed by atoms with van der Waals surface area (Å²) in [5.41, 5.74) is 1.97. The Morgan fingerprint density at radius 1 is 1.36 bits per heavy atom. The molecule has 0 saturated carbocycles. The van der Waals surface area contributed by atoms with Crippen molar-refractivity contribution in [3.63, 3.8) is 0 Å². The number of rotatable bonds is 7. The Kier molecular flexibility index (Phi) is 4.98. The van der Waals surface area contributed by atoms with Gasteiger partial charge in [0, 0.05) is 24.5 Å². The predicted octanol–water partition coefficient (Wildman–Crippen LogP) is 0.575. The molecule has 132 valence electrons. The number of amides is 1. The standard InChI is InChI=1S/C15H21N9O/c1-4-23(5-2)8-11-6-16-14-12(7-17-24(14)9-11)15(25)18-10(3)13-19-21-22-20-13/h6-7,9-10H,4-5,8H2,1-3H3,(H,18,25)(H,19,20,21,22). The topological polar surface area (TPSA) is 117 Å². The highest BCUT2D eigenvalue weighted by Crippen LogP contribution is 2.12. The normalized spacial score (nSPS) is 12.6. The van der Waals surface area contributed by atoms with Crippen LogP contribution in [0.15, 0.2) is 18.6 Å². The molecule has 0 aliphatic heterocycles.